The van der Waals surface area contributed by atoms with E-state index in [0.717, 1.165) is 17.0 Å². The Morgan fingerprint density at radius 3 is 2.34 bits per heavy atom. The highest BCUT2D eigenvalue weighted by atomic mass is 16.2. The van der Waals surface area contributed by atoms with Crippen LogP contribution in [-0.2, 0) is 11.8 Å². The molecule has 146 valence electrons. The maximum Gasteiger partial charge on any atom is 0.276 e. The first-order valence-corrected chi connectivity index (χ1v) is 8.95. The van der Waals surface area contributed by atoms with Gasteiger partial charge < -0.3 is 10.6 Å². The summed E-state index contributed by atoms with van der Waals surface area (Å²) in [7, 11) is 1.87. The Hall–Kier alpha value is -4.01. The van der Waals surface area contributed by atoms with Crippen molar-refractivity contribution in [3.8, 4) is 11.3 Å². The van der Waals surface area contributed by atoms with E-state index in [9.17, 15) is 9.59 Å². The number of rotatable bonds is 4. The summed E-state index contributed by atoms with van der Waals surface area (Å²) in [5.41, 5.74) is 4.77. The van der Waals surface area contributed by atoms with Crippen molar-refractivity contribution in [1.29, 1.82) is 0 Å². The van der Waals surface area contributed by atoms with Crippen LogP contribution < -0.4 is 10.6 Å². The molecular formula is C20H19N7O2. The van der Waals surface area contributed by atoms with E-state index >= 15 is 0 Å². The van der Waals surface area contributed by atoms with Crippen molar-refractivity contribution in [1.82, 2.24) is 24.4 Å². The molecule has 2 amide bonds. The predicted octanol–water partition coefficient (Wildman–Crippen LogP) is 2.65. The summed E-state index contributed by atoms with van der Waals surface area (Å²) in [6.45, 7) is 3.41. The fourth-order valence-electron chi connectivity index (χ4n) is 3.00. The minimum absolute atomic E-state index is 0.154. The molecule has 0 spiro atoms. The van der Waals surface area contributed by atoms with E-state index in [-0.39, 0.29) is 17.5 Å². The van der Waals surface area contributed by atoms with E-state index in [0.29, 0.717) is 17.0 Å². The number of anilines is 2. The van der Waals surface area contributed by atoms with E-state index in [1.807, 2.05) is 20.0 Å². The van der Waals surface area contributed by atoms with Crippen LogP contribution in [0, 0.1) is 6.92 Å². The molecule has 4 aromatic rings. The zero-order chi connectivity index (χ0) is 20.5. The van der Waals surface area contributed by atoms with Crippen LogP contribution in [0.25, 0.3) is 16.9 Å². The van der Waals surface area contributed by atoms with Gasteiger partial charge in [0.2, 0.25) is 5.91 Å². The van der Waals surface area contributed by atoms with Gasteiger partial charge in [-0.25, -0.2) is 9.50 Å². The number of carbonyl (C=O) groups is 2. The topological polar surface area (TPSA) is 106 Å². The standard InChI is InChI=1S/C20H19N7O2/c1-12-16(11-22-26(12)3)18-8-9-21-19-10-17(25-27(18)19)20(29)24-15-6-4-14(5-7-15)23-13(2)28/h4-11H,1-3H3,(H,23,28)(H,24,29). The lowest BCUT2D eigenvalue weighted by Gasteiger charge is -2.05. The summed E-state index contributed by atoms with van der Waals surface area (Å²) in [5.74, 6) is -0.504. The van der Waals surface area contributed by atoms with Crippen LogP contribution in [0.1, 0.15) is 23.1 Å². The van der Waals surface area contributed by atoms with Gasteiger partial charge in [0.05, 0.1) is 11.9 Å². The third kappa shape index (κ3) is 3.57. The second-order valence-electron chi connectivity index (χ2n) is 6.61. The fraction of sp³-hybridized carbons (Fsp3) is 0.150. The summed E-state index contributed by atoms with van der Waals surface area (Å²) >= 11 is 0. The highest BCUT2D eigenvalue weighted by molar-refractivity contribution is 6.03. The quantitative estimate of drug-likeness (QED) is 0.558. The highest BCUT2D eigenvalue weighted by Gasteiger charge is 2.16. The van der Waals surface area contributed by atoms with Gasteiger partial charge in [0, 0.05) is 48.9 Å². The van der Waals surface area contributed by atoms with Crippen molar-refractivity contribution in [2.75, 3.05) is 10.6 Å². The number of hydrogen-bond acceptors (Lipinski definition) is 5. The van der Waals surface area contributed by atoms with Crippen molar-refractivity contribution in [3.63, 3.8) is 0 Å². The van der Waals surface area contributed by atoms with Gasteiger partial charge >= 0.3 is 0 Å². The second kappa shape index (κ2) is 7.19. The lowest BCUT2D eigenvalue weighted by molar-refractivity contribution is -0.114. The first kappa shape index (κ1) is 18.4. The molecule has 0 radical (unpaired) electrons. The van der Waals surface area contributed by atoms with Crippen molar-refractivity contribution in [3.05, 3.63) is 60.2 Å². The molecule has 0 saturated heterocycles. The van der Waals surface area contributed by atoms with Gasteiger partial charge in [0.25, 0.3) is 5.91 Å². The lowest BCUT2D eigenvalue weighted by Crippen LogP contribution is -2.13. The van der Waals surface area contributed by atoms with Crippen molar-refractivity contribution >= 4 is 28.8 Å². The molecule has 0 bridgehead atoms. The highest BCUT2D eigenvalue weighted by Crippen LogP contribution is 2.23. The monoisotopic (exact) mass is 389 g/mol. The normalized spacial score (nSPS) is 10.9. The molecule has 0 aliphatic heterocycles. The third-order valence-electron chi connectivity index (χ3n) is 4.56. The number of hydrogen-bond donors (Lipinski definition) is 2. The molecule has 3 aromatic heterocycles. The molecular weight excluding hydrogens is 370 g/mol. The Morgan fingerprint density at radius 1 is 1.03 bits per heavy atom. The average Bonchev–Trinajstić information content (AvgIpc) is 3.27. The first-order valence-electron chi connectivity index (χ1n) is 8.95. The van der Waals surface area contributed by atoms with Crippen LogP contribution in [0.5, 0.6) is 0 Å². The second-order valence-corrected chi connectivity index (χ2v) is 6.61. The Bertz CT molecular complexity index is 1220. The molecule has 0 saturated carbocycles. The molecule has 29 heavy (non-hydrogen) atoms. The molecule has 0 aliphatic rings. The molecule has 0 aliphatic carbocycles. The maximum atomic E-state index is 12.7. The van der Waals surface area contributed by atoms with Gasteiger partial charge in [-0.2, -0.15) is 10.2 Å². The zero-order valence-electron chi connectivity index (χ0n) is 16.2. The van der Waals surface area contributed by atoms with E-state index < -0.39 is 0 Å². The van der Waals surface area contributed by atoms with Gasteiger partial charge in [-0.05, 0) is 37.3 Å². The van der Waals surface area contributed by atoms with Crippen LogP contribution in [0.2, 0.25) is 0 Å². The Labute approximate surface area is 166 Å². The molecule has 3 heterocycles. The molecule has 0 fully saturated rings. The number of amides is 2. The van der Waals surface area contributed by atoms with E-state index in [2.05, 4.69) is 25.8 Å². The van der Waals surface area contributed by atoms with Crippen LogP contribution in [0.15, 0.2) is 48.8 Å². The lowest BCUT2D eigenvalue weighted by atomic mass is 10.2. The van der Waals surface area contributed by atoms with Gasteiger partial charge in [0.15, 0.2) is 11.3 Å². The van der Waals surface area contributed by atoms with Crippen molar-refractivity contribution < 1.29 is 9.59 Å². The number of nitrogens with one attached hydrogen (secondary N) is 2. The maximum absolute atomic E-state index is 12.7. The van der Waals surface area contributed by atoms with Crippen LogP contribution in [0.3, 0.4) is 0 Å². The average molecular weight is 389 g/mol. The Kier molecular flexibility index (Phi) is 4.55. The third-order valence-corrected chi connectivity index (χ3v) is 4.56. The van der Waals surface area contributed by atoms with Gasteiger partial charge in [-0.15, -0.1) is 0 Å². The summed E-state index contributed by atoms with van der Waals surface area (Å²) in [6, 6.07) is 10.3. The summed E-state index contributed by atoms with van der Waals surface area (Å²) in [6.07, 6.45) is 3.45. The van der Waals surface area contributed by atoms with Gasteiger partial charge in [-0.1, -0.05) is 0 Å². The number of fused-ring (bicyclic) bond motifs is 1. The first-order chi connectivity index (χ1) is 13.9. The number of nitrogens with zero attached hydrogens (tertiary/aromatic N) is 5. The number of aryl methyl sites for hydroxylation is 1. The van der Waals surface area contributed by atoms with Crippen LogP contribution in [0.4, 0.5) is 11.4 Å². The Balaban J connectivity index is 1.61. The minimum atomic E-state index is -0.350. The zero-order valence-corrected chi connectivity index (χ0v) is 16.2. The summed E-state index contributed by atoms with van der Waals surface area (Å²) < 4.78 is 3.42. The smallest absolute Gasteiger partial charge is 0.276 e. The predicted molar refractivity (Wildman–Crippen MR) is 109 cm³/mol. The van der Waals surface area contributed by atoms with E-state index in [1.165, 1.54) is 6.92 Å². The molecule has 9 nitrogen and oxygen atoms in total. The molecule has 2 N–H and O–H groups in total. The number of carbonyl (C=O) groups excluding carboxylic acids is 2. The summed E-state index contributed by atoms with van der Waals surface area (Å²) in [4.78, 5) is 28.1. The SMILES string of the molecule is CC(=O)Nc1ccc(NC(=O)c2cc3nccc(-c4cnn(C)c4C)n3n2)cc1. The molecule has 9 heteroatoms. The van der Waals surface area contributed by atoms with E-state index in [1.54, 1.807) is 51.9 Å². The molecule has 0 atom stereocenters. The largest absolute Gasteiger partial charge is 0.326 e. The van der Waals surface area contributed by atoms with Crippen LogP contribution in [-0.4, -0.2) is 36.2 Å². The number of aromatic nitrogens is 5. The Morgan fingerprint density at radius 2 is 1.72 bits per heavy atom. The molecule has 1 aromatic carbocycles. The van der Waals surface area contributed by atoms with Crippen LogP contribution >= 0.6 is 0 Å². The fourth-order valence-corrected chi connectivity index (χ4v) is 3.00. The summed E-state index contributed by atoms with van der Waals surface area (Å²) in [5, 5.41) is 14.2. The number of benzene rings is 1. The minimum Gasteiger partial charge on any atom is -0.326 e. The van der Waals surface area contributed by atoms with Crippen molar-refractivity contribution in [2.45, 2.75) is 13.8 Å². The van der Waals surface area contributed by atoms with Crippen molar-refractivity contribution in [2.24, 2.45) is 7.05 Å². The van der Waals surface area contributed by atoms with E-state index in [4.69, 9.17) is 0 Å². The molecule has 0 unspecified atom stereocenters. The van der Waals surface area contributed by atoms with Gasteiger partial charge in [0.1, 0.15) is 0 Å². The van der Waals surface area contributed by atoms with Gasteiger partial charge in [-0.3, -0.25) is 14.3 Å². The molecule has 4 rings (SSSR count).